The molecule has 0 unspecified atom stereocenters. The lowest BCUT2D eigenvalue weighted by atomic mass is 10.0. The number of carbonyl (C=O) groups excluding carboxylic acids is 9. The summed E-state index contributed by atoms with van der Waals surface area (Å²) in [5, 5.41) is 35.4. The van der Waals surface area contributed by atoms with Gasteiger partial charge < -0.3 is 69.5 Å². The van der Waals surface area contributed by atoms with Gasteiger partial charge in [-0.15, -0.1) is 0 Å². The zero-order chi connectivity index (χ0) is 45.7. The fraction of sp³-hybridized carbons (Fsp3) is 0.694. The molecule has 1 rings (SSSR count). The fourth-order valence-corrected chi connectivity index (χ4v) is 6.00. The number of likely N-dealkylation sites (tertiary alicyclic amines) is 1. The highest BCUT2D eigenvalue weighted by Gasteiger charge is 2.36. The molecule has 24 heteroatoms. The Morgan fingerprint density at radius 3 is 1.82 bits per heavy atom. The Balaban J connectivity index is 2.90. The predicted octanol–water partition coefficient (Wildman–Crippen LogP) is -5.00. The lowest BCUT2D eigenvalue weighted by molar-refractivity contribution is -0.144. The van der Waals surface area contributed by atoms with Gasteiger partial charge in [0.25, 0.3) is 0 Å². The molecular weight excluding hydrogens is 794 g/mol. The number of nitrogens with zero attached hydrogens (tertiary/aromatic N) is 1. The van der Waals surface area contributed by atoms with Crippen LogP contribution in [0.15, 0.2) is 0 Å². The van der Waals surface area contributed by atoms with E-state index in [0.717, 1.165) is 0 Å². The molecule has 0 aromatic heterocycles. The van der Waals surface area contributed by atoms with E-state index in [2.05, 4.69) is 37.2 Å². The molecular formula is C36H61N11O13. The van der Waals surface area contributed by atoms with Crippen molar-refractivity contribution in [3.8, 4) is 0 Å². The van der Waals surface area contributed by atoms with Crippen LogP contribution in [0.1, 0.15) is 85.5 Å². The Hall–Kier alpha value is -5.91. The molecule has 338 valence electrons. The summed E-state index contributed by atoms with van der Waals surface area (Å²) in [6.45, 7) is 5.56. The van der Waals surface area contributed by atoms with Gasteiger partial charge in [-0.25, -0.2) is 4.79 Å². The third kappa shape index (κ3) is 18.8. The second kappa shape index (κ2) is 26.2. The third-order valence-corrected chi connectivity index (χ3v) is 9.22. The maximum absolute atomic E-state index is 13.3. The van der Waals surface area contributed by atoms with Crippen molar-refractivity contribution in [2.75, 3.05) is 26.2 Å². The first-order chi connectivity index (χ1) is 28.1. The first kappa shape index (κ1) is 52.1. The van der Waals surface area contributed by atoms with Gasteiger partial charge in [0.05, 0.1) is 19.5 Å². The maximum atomic E-state index is 13.3. The number of carbonyl (C=O) groups is 11. The highest BCUT2D eigenvalue weighted by molar-refractivity contribution is 5.98. The summed E-state index contributed by atoms with van der Waals surface area (Å²) in [7, 11) is 0. The number of hydrogen-bond donors (Lipinski definition) is 12. The van der Waals surface area contributed by atoms with E-state index in [1.807, 2.05) is 0 Å². The van der Waals surface area contributed by atoms with E-state index in [4.69, 9.17) is 17.2 Å². The molecule has 7 atom stereocenters. The number of unbranched alkanes of at least 4 members (excludes halogenated alkanes) is 1. The van der Waals surface area contributed by atoms with Crippen molar-refractivity contribution in [3.05, 3.63) is 0 Å². The van der Waals surface area contributed by atoms with E-state index in [1.54, 1.807) is 13.8 Å². The smallest absolute Gasteiger partial charge is 0.326 e. The van der Waals surface area contributed by atoms with Crippen LogP contribution in [0.5, 0.6) is 0 Å². The Labute approximate surface area is 347 Å². The average molecular weight is 856 g/mol. The minimum Gasteiger partial charge on any atom is -0.481 e. The molecule has 0 aliphatic carbocycles. The molecule has 1 aliphatic heterocycles. The van der Waals surface area contributed by atoms with Gasteiger partial charge in [-0.2, -0.15) is 0 Å². The number of amides is 9. The van der Waals surface area contributed by atoms with Crippen LogP contribution in [0.3, 0.4) is 0 Å². The first-order valence-corrected chi connectivity index (χ1v) is 19.6. The predicted molar refractivity (Wildman–Crippen MR) is 210 cm³/mol. The molecule has 0 aromatic rings. The highest BCUT2D eigenvalue weighted by Crippen LogP contribution is 2.18. The van der Waals surface area contributed by atoms with E-state index >= 15 is 0 Å². The zero-order valence-electron chi connectivity index (χ0n) is 34.4. The Kier molecular flexibility index (Phi) is 22.8. The van der Waals surface area contributed by atoms with Crippen molar-refractivity contribution >= 4 is 65.1 Å². The van der Waals surface area contributed by atoms with Crippen molar-refractivity contribution < 1.29 is 63.0 Å². The molecule has 60 heavy (non-hydrogen) atoms. The van der Waals surface area contributed by atoms with Gasteiger partial charge in [0.2, 0.25) is 53.2 Å². The summed E-state index contributed by atoms with van der Waals surface area (Å²) < 4.78 is 0. The molecule has 15 N–H and O–H groups in total. The molecule has 1 heterocycles. The van der Waals surface area contributed by atoms with Crippen molar-refractivity contribution in [1.29, 1.82) is 0 Å². The lowest BCUT2D eigenvalue weighted by Crippen LogP contribution is -2.59. The standard InChI is InChI=1S/C36H61N11O13/c1-18(2)14-23(45-31(54)20(4)42-34(57)24(15-29(51)52)46-32(55)21(10-11-26(39)48)43-27(49)16-38)33(56)41-19(3)30(53)40-17-28(50)47-13-7-9-25(47)35(58)44-22(36(59)60)8-5-6-12-37/h18-25H,5-17,37-38H2,1-4H3,(H2,39,48)(H,40,53)(H,41,56)(H,42,57)(H,43,49)(H,44,58)(H,45,54)(H,46,55)(H,51,52)(H,59,60)/t19-,20-,21-,22-,23-,24-,25-/m0/s1. The van der Waals surface area contributed by atoms with Gasteiger partial charge >= 0.3 is 11.9 Å². The lowest BCUT2D eigenvalue weighted by Gasteiger charge is -2.26. The maximum Gasteiger partial charge on any atom is 0.326 e. The van der Waals surface area contributed by atoms with Crippen LogP contribution in [0.4, 0.5) is 0 Å². The van der Waals surface area contributed by atoms with Crippen LogP contribution < -0.4 is 54.4 Å². The minimum atomic E-state index is -1.76. The summed E-state index contributed by atoms with van der Waals surface area (Å²) in [6.07, 6.45) is 0.455. The number of rotatable bonds is 27. The van der Waals surface area contributed by atoms with Crippen molar-refractivity contribution in [2.24, 2.45) is 23.1 Å². The number of carboxylic acids is 2. The molecule has 9 amide bonds. The quantitative estimate of drug-likeness (QED) is 0.0344. The second-order valence-electron chi connectivity index (χ2n) is 14.8. The normalized spacial score (nSPS) is 16.4. The number of nitrogens with two attached hydrogens (primary N) is 3. The highest BCUT2D eigenvalue weighted by atomic mass is 16.4. The molecule has 1 fully saturated rings. The van der Waals surface area contributed by atoms with Crippen molar-refractivity contribution in [2.45, 2.75) is 128 Å². The summed E-state index contributed by atoms with van der Waals surface area (Å²) in [5.74, 6) is -10.3. The molecule has 1 aliphatic rings. The van der Waals surface area contributed by atoms with E-state index in [9.17, 15) is 63.0 Å². The fourth-order valence-electron chi connectivity index (χ4n) is 6.00. The largest absolute Gasteiger partial charge is 0.481 e. The number of carboxylic acid groups (broad SMARTS) is 2. The topological polar surface area (TPSA) is 394 Å². The Bertz CT molecular complexity index is 1580. The van der Waals surface area contributed by atoms with Crippen LogP contribution in [-0.2, 0) is 52.7 Å². The molecule has 0 spiro atoms. The van der Waals surface area contributed by atoms with Gasteiger partial charge in [0, 0.05) is 13.0 Å². The Morgan fingerprint density at radius 2 is 1.27 bits per heavy atom. The van der Waals surface area contributed by atoms with Gasteiger partial charge in [-0.1, -0.05) is 13.8 Å². The number of primary amides is 1. The second-order valence-corrected chi connectivity index (χ2v) is 14.8. The number of aliphatic carboxylic acids is 2. The summed E-state index contributed by atoms with van der Waals surface area (Å²) >= 11 is 0. The van der Waals surface area contributed by atoms with Crippen LogP contribution in [0, 0.1) is 5.92 Å². The van der Waals surface area contributed by atoms with Crippen molar-refractivity contribution in [3.63, 3.8) is 0 Å². The van der Waals surface area contributed by atoms with Crippen molar-refractivity contribution in [1.82, 2.24) is 42.1 Å². The SMILES string of the molecule is CC(C)C[C@H](NC(=O)[C@H](C)NC(=O)[C@H](CC(=O)O)NC(=O)[C@H](CCC(N)=O)NC(=O)CN)C(=O)N[C@@H](C)C(=O)NCC(=O)N1CCC[C@H]1C(=O)N[C@@H](CCCCN)C(=O)O. The zero-order valence-corrected chi connectivity index (χ0v) is 34.4. The molecule has 0 saturated carbocycles. The van der Waals surface area contributed by atoms with E-state index in [-0.39, 0.29) is 44.6 Å². The minimum absolute atomic E-state index is 0.0676. The molecule has 24 nitrogen and oxygen atoms in total. The van der Waals surface area contributed by atoms with E-state index in [0.29, 0.717) is 25.8 Å². The van der Waals surface area contributed by atoms with Gasteiger partial charge in [0.1, 0.15) is 42.3 Å². The third-order valence-electron chi connectivity index (χ3n) is 9.22. The van der Waals surface area contributed by atoms with Crippen LogP contribution in [0.25, 0.3) is 0 Å². The van der Waals surface area contributed by atoms with Crippen LogP contribution in [0.2, 0.25) is 0 Å². The van der Waals surface area contributed by atoms with Gasteiger partial charge in [-0.05, 0) is 71.3 Å². The van der Waals surface area contributed by atoms with E-state index in [1.165, 1.54) is 18.7 Å². The number of hydrogen-bond acceptors (Lipinski definition) is 13. The summed E-state index contributed by atoms with van der Waals surface area (Å²) in [4.78, 5) is 139. The van der Waals surface area contributed by atoms with Gasteiger partial charge in [0.15, 0.2) is 0 Å². The average Bonchev–Trinajstić information content (AvgIpc) is 3.67. The van der Waals surface area contributed by atoms with Gasteiger partial charge in [-0.3, -0.25) is 47.9 Å². The molecule has 0 radical (unpaired) electrons. The van der Waals surface area contributed by atoms with Crippen LogP contribution in [-0.4, -0.2) is 149 Å². The Morgan fingerprint density at radius 1 is 0.683 bits per heavy atom. The number of nitrogens with one attached hydrogen (secondary N) is 7. The molecule has 1 saturated heterocycles. The summed E-state index contributed by atoms with van der Waals surface area (Å²) in [6, 6.07) is -9.14. The summed E-state index contributed by atoms with van der Waals surface area (Å²) in [5.41, 5.74) is 15.9. The first-order valence-electron chi connectivity index (χ1n) is 19.6. The molecule has 0 bridgehead atoms. The van der Waals surface area contributed by atoms with Crippen LogP contribution >= 0.6 is 0 Å². The molecule has 0 aromatic carbocycles. The van der Waals surface area contributed by atoms with E-state index < -0.39 is 127 Å². The monoisotopic (exact) mass is 855 g/mol.